The Hall–Kier alpha value is -2.67. The van der Waals surface area contributed by atoms with Crippen LogP contribution in [-0.4, -0.2) is 33.1 Å². The quantitative estimate of drug-likeness (QED) is 0.324. The molecule has 0 spiro atoms. The first-order valence-electron chi connectivity index (χ1n) is 8.74. The van der Waals surface area contributed by atoms with E-state index in [0.29, 0.717) is 31.0 Å². The van der Waals surface area contributed by atoms with Crippen LogP contribution in [0.4, 0.5) is 4.39 Å². The summed E-state index contributed by atoms with van der Waals surface area (Å²) in [7, 11) is 0. The SMILES string of the molecule is CCOC(=O)CCCSc1nnc(-c2ccc(F)cc2)n1-c1ccccc1. The van der Waals surface area contributed by atoms with Crippen molar-refractivity contribution in [3.8, 4) is 17.1 Å². The van der Waals surface area contributed by atoms with Crippen molar-refractivity contribution in [2.75, 3.05) is 12.4 Å². The molecule has 140 valence electrons. The third-order valence-corrected chi connectivity index (χ3v) is 4.83. The van der Waals surface area contributed by atoms with Crippen molar-refractivity contribution in [3.05, 3.63) is 60.4 Å². The molecule has 5 nitrogen and oxygen atoms in total. The summed E-state index contributed by atoms with van der Waals surface area (Å²) in [4.78, 5) is 11.5. The fraction of sp³-hybridized carbons (Fsp3) is 0.250. The Morgan fingerprint density at radius 1 is 1.11 bits per heavy atom. The molecule has 27 heavy (non-hydrogen) atoms. The lowest BCUT2D eigenvalue weighted by Gasteiger charge is -2.10. The summed E-state index contributed by atoms with van der Waals surface area (Å²) in [5, 5.41) is 9.35. The van der Waals surface area contributed by atoms with Crippen LogP contribution in [0.25, 0.3) is 17.1 Å². The average molecular weight is 385 g/mol. The van der Waals surface area contributed by atoms with Crippen molar-refractivity contribution < 1.29 is 13.9 Å². The number of hydrogen-bond donors (Lipinski definition) is 0. The summed E-state index contributed by atoms with van der Waals surface area (Å²) in [6, 6.07) is 16.0. The van der Waals surface area contributed by atoms with E-state index in [2.05, 4.69) is 10.2 Å². The predicted octanol–water partition coefficient (Wildman–Crippen LogP) is 4.51. The van der Waals surface area contributed by atoms with Gasteiger partial charge in [-0.2, -0.15) is 0 Å². The molecule has 0 radical (unpaired) electrons. The van der Waals surface area contributed by atoms with Gasteiger partial charge in [0.2, 0.25) is 0 Å². The Kier molecular flexibility index (Phi) is 6.59. The van der Waals surface area contributed by atoms with E-state index in [9.17, 15) is 9.18 Å². The average Bonchev–Trinajstić information content (AvgIpc) is 3.10. The number of esters is 1. The number of nitrogens with zero attached hydrogens (tertiary/aromatic N) is 3. The van der Waals surface area contributed by atoms with Crippen LogP contribution in [0.1, 0.15) is 19.8 Å². The molecule has 0 aliphatic heterocycles. The minimum atomic E-state index is -0.293. The number of thioether (sulfide) groups is 1. The molecule has 7 heteroatoms. The van der Waals surface area contributed by atoms with Crippen molar-refractivity contribution in [2.24, 2.45) is 0 Å². The first-order valence-corrected chi connectivity index (χ1v) is 9.73. The van der Waals surface area contributed by atoms with Crippen LogP contribution >= 0.6 is 11.8 Å². The summed E-state index contributed by atoms with van der Waals surface area (Å²) in [5.41, 5.74) is 1.71. The second-order valence-corrected chi connectivity index (χ2v) is 6.80. The molecule has 0 aliphatic rings. The van der Waals surface area contributed by atoms with Gasteiger partial charge < -0.3 is 4.74 Å². The summed E-state index contributed by atoms with van der Waals surface area (Å²) in [6.07, 6.45) is 1.07. The molecule has 1 aromatic heterocycles. The van der Waals surface area contributed by atoms with E-state index < -0.39 is 0 Å². The standard InChI is InChI=1S/C20H20FN3O2S/c1-2-26-18(25)9-6-14-27-20-23-22-19(15-10-12-16(21)13-11-15)24(20)17-7-4-3-5-8-17/h3-5,7-8,10-13H,2,6,9,14H2,1H3. The second-order valence-electron chi connectivity index (χ2n) is 5.74. The molecule has 0 amide bonds. The van der Waals surface area contributed by atoms with Gasteiger partial charge in [0.05, 0.1) is 6.61 Å². The van der Waals surface area contributed by atoms with E-state index in [4.69, 9.17) is 4.74 Å². The fourth-order valence-corrected chi connectivity index (χ4v) is 3.46. The van der Waals surface area contributed by atoms with Crippen molar-refractivity contribution in [1.29, 1.82) is 0 Å². The number of ether oxygens (including phenoxy) is 1. The zero-order chi connectivity index (χ0) is 19.1. The highest BCUT2D eigenvalue weighted by Gasteiger charge is 2.16. The number of hydrogen-bond acceptors (Lipinski definition) is 5. The number of para-hydroxylation sites is 1. The molecule has 0 aliphatic carbocycles. The minimum Gasteiger partial charge on any atom is -0.466 e. The van der Waals surface area contributed by atoms with Gasteiger partial charge in [-0.25, -0.2) is 4.39 Å². The summed E-state index contributed by atoms with van der Waals surface area (Å²) in [5.74, 6) is 0.884. The highest BCUT2D eigenvalue weighted by molar-refractivity contribution is 7.99. The Labute approximate surface area is 161 Å². The van der Waals surface area contributed by atoms with Crippen LogP contribution in [0.15, 0.2) is 59.8 Å². The number of rotatable bonds is 8. The number of carbonyl (C=O) groups excluding carboxylic acids is 1. The predicted molar refractivity (Wildman–Crippen MR) is 103 cm³/mol. The van der Waals surface area contributed by atoms with Crippen molar-refractivity contribution >= 4 is 17.7 Å². The van der Waals surface area contributed by atoms with Crippen molar-refractivity contribution in [3.63, 3.8) is 0 Å². The number of aromatic nitrogens is 3. The third kappa shape index (κ3) is 4.95. The maximum Gasteiger partial charge on any atom is 0.305 e. The van der Waals surface area contributed by atoms with E-state index in [-0.39, 0.29) is 11.8 Å². The fourth-order valence-electron chi connectivity index (χ4n) is 2.57. The maximum absolute atomic E-state index is 13.3. The largest absolute Gasteiger partial charge is 0.466 e. The Bertz CT molecular complexity index is 882. The lowest BCUT2D eigenvalue weighted by molar-refractivity contribution is -0.143. The lowest BCUT2D eigenvalue weighted by atomic mass is 10.2. The van der Waals surface area contributed by atoms with Gasteiger partial charge in [-0.15, -0.1) is 10.2 Å². The molecular weight excluding hydrogens is 365 g/mol. The van der Waals surface area contributed by atoms with Crippen LogP contribution in [0.5, 0.6) is 0 Å². The van der Waals surface area contributed by atoms with Gasteiger partial charge in [-0.3, -0.25) is 9.36 Å². The van der Waals surface area contributed by atoms with E-state index >= 15 is 0 Å². The summed E-state index contributed by atoms with van der Waals surface area (Å²) in [6.45, 7) is 2.20. The highest BCUT2D eigenvalue weighted by Crippen LogP contribution is 2.28. The van der Waals surface area contributed by atoms with Crippen LogP contribution in [0, 0.1) is 5.82 Å². The monoisotopic (exact) mass is 385 g/mol. The molecule has 3 aromatic rings. The zero-order valence-electron chi connectivity index (χ0n) is 15.0. The normalized spacial score (nSPS) is 10.7. The van der Waals surface area contributed by atoms with Gasteiger partial charge in [0.25, 0.3) is 0 Å². The highest BCUT2D eigenvalue weighted by atomic mass is 32.2. The molecule has 0 saturated carbocycles. The molecular formula is C20H20FN3O2S. The molecule has 0 bridgehead atoms. The molecule has 0 saturated heterocycles. The Morgan fingerprint density at radius 3 is 2.56 bits per heavy atom. The van der Waals surface area contributed by atoms with Crippen LogP contribution in [-0.2, 0) is 9.53 Å². The van der Waals surface area contributed by atoms with Gasteiger partial charge in [-0.1, -0.05) is 30.0 Å². The van der Waals surface area contributed by atoms with Gasteiger partial charge in [-0.05, 0) is 49.7 Å². The van der Waals surface area contributed by atoms with E-state index in [1.165, 1.54) is 23.9 Å². The molecule has 3 rings (SSSR count). The molecule has 0 atom stereocenters. The van der Waals surface area contributed by atoms with Gasteiger partial charge in [0, 0.05) is 23.4 Å². The third-order valence-electron chi connectivity index (χ3n) is 3.81. The van der Waals surface area contributed by atoms with Crippen LogP contribution in [0.3, 0.4) is 0 Å². The van der Waals surface area contributed by atoms with E-state index in [1.807, 2.05) is 34.9 Å². The van der Waals surface area contributed by atoms with E-state index in [1.54, 1.807) is 19.1 Å². The first kappa shape index (κ1) is 19.1. The molecule has 0 fully saturated rings. The van der Waals surface area contributed by atoms with Gasteiger partial charge in [0.15, 0.2) is 11.0 Å². The smallest absolute Gasteiger partial charge is 0.305 e. The second kappa shape index (κ2) is 9.32. The summed E-state index contributed by atoms with van der Waals surface area (Å²) >= 11 is 1.53. The Morgan fingerprint density at radius 2 is 1.85 bits per heavy atom. The van der Waals surface area contributed by atoms with Crippen LogP contribution < -0.4 is 0 Å². The van der Waals surface area contributed by atoms with E-state index in [0.717, 1.165) is 16.4 Å². The topological polar surface area (TPSA) is 57.0 Å². The zero-order valence-corrected chi connectivity index (χ0v) is 15.8. The number of carbonyl (C=O) groups is 1. The van der Waals surface area contributed by atoms with Crippen molar-refractivity contribution in [2.45, 2.75) is 24.9 Å². The molecule has 0 N–H and O–H groups in total. The molecule has 1 heterocycles. The van der Waals surface area contributed by atoms with Crippen LogP contribution in [0.2, 0.25) is 0 Å². The minimum absolute atomic E-state index is 0.186. The summed E-state index contributed by atoms with van der Waals surface area (Å²) < 4.78 is 20.2. The number of halogens is 1. The van der Waals surface area contributed by atoms with Gasteiger partial charge in [0.1, 0.15) is 5.82 Å². The first-order chi connectivity index (χ1) is 13.2. The molecule has 0 unspecified atom stereocenters. The number of benzene rings is 2. The Balaban J connectivity index is 1.82. The molecule has 2 aromatic carbocycles. The van der Waals surface area contributed by atoms with Crippen molar-refractivity contribution in [1.82, 2.24) is 14.8 Å². The van der Waals surface area contributed by atoms with Gasteiger partial charge >= 0.3 is 5.97 Å². The maximum atomic E-state index is 13.3. The lowest BCUT2D eigenvalue weighted by Crippen LogP contribution is -2.04.